The summed E-state index contributed by atoms with van der Waals surface area (Å²) in [5.41, 5.74) is 2.54. The molecule has 0 spiro atoms. The smallest absolute Gasteiger partial charge is 0.243 e. The van der Waals surface area contributed by atoms with Gasteiger partial charge in [-0.05, 0) is 49.8 Å². The summed E-state index contributed by atoms with van der Waals surface area (Å²) >= 11 is 1.76. The van der Waals surface area contributed by atoms with Crippen molar-refractivity contribution in [2.24, 2.45) is 4.99 Å². The van der Waals surface area contributed by atoms with Gasteiger partial charge in [-0.1, -0.05) is 23.8 Å². The van der Waals surface area contributed by atoms with Gasteiger partial charge in [0.15, 0.2) is 5.96 Å². The molecule has 0 saturated carbocycles. The van der Waals surface area contributed by atoms with Gasteiger partial charge in [0.2, 0.25) is 5.91 Å². The van der Waals surface area contributed by atoms with Gasteiger partial charge in [-0.25, -0.2) is 4.99 Å². The van der Waals surface area contributed by atoms with Gasteiger partial charge in [0.25, 0.3) is 0 Å². The Morgan fingerprint density at radius 3 is 2.77 bits per heavy atom. The third-order valence-electron chi connectivity index (χ3n) is 5.28. The summed E-state index contributed by atoms with van der Waals surface area (Å²) in [6.45, 7) is 5.05. The van der Waals surface area contributed by atoms with Crippen LogP contribution in [0.3, 0.4) is 0 Å². The van der Waals surface area contributed by atoms with Crippen molar-refractivity contribution in [3.05, 3.63) is 52.2 Å². The second-order valence-corrected chi connectivity index (χ2v) is 9.01. The molecular formula is C23H33N5OS. The van der Waals surface area contributed by atoms with Crippen molar-refractivity contribution in [2.45, 2.75) is 32.2 Å². The van der Waals surface area contributed by atoms with Gasteiger partial charge in [0.1, 0.15) is 6.54 Å². The molecule has 30 heavy (non-hydrogen) atoms. The lowest BCUT2D eigenvalue weighted by molar-refractivity contribution is -0.127. The largest absolute Gasteiger partial charge is 0.369 e. The highest BCUT2D eigenvalue weighted by molar-refractivity contribution is 7.09. The molecule has 1 saturated heterocycles. The summed E-state index contributed by atoms with van der Waals surface area (Å²) in [6.07, 6.45) is 3.17. The Hall–Kier alpha value is -2.54. The first-order valence-electron chi connectivity index (χ1n) is 10.6. The van der Waals surface area contributed by atoms with E-state index in [2.05, 4.69) is 69.2 Å². The average molecular weight is 428 g/mol. The van der Waals surface area contributed by atoms with Crippen LogP contribution in [0, 0.1) is 6.92 Å². The number of nitrogens with zero attached hydrogens (tertiary/aromatic N) is 3. The van der Waals surface area contributed by atoms with Gasteiger partial charge in [-0.3, -0.25) is 4.79 Å². The van der Waals surface area contributed by atoms with Crippen LogP contribution < -0.4 is 15.5 Å². The van der Waals surface area contributed by atoms with E-state index in [-0.39, 0.29) is 12.5 Å². The summed E-state index contributed by atoms with van der Waals surface area (Å²) in [7, 11) is 3.52. The number of rotatable bonds is 7. The Bertz CT molecular complexity index is 817. The Balaban J connectivity index is 1.60. The Kier molecular flexibility index (Phi) is 8.13. The first-order chi connectivity index (χ1) is 14.5. The molecule has 7 heteroatoms. The molecule has 1 unspecified atom stereocenters. The van der Waals surface area contributed by atoms with E-state index in [4.69, 9.17) is 0 Å². The molecular weight excluding hydrogens is 394 g/mol. The van der Waals surface area contributed by atoms with Crippen LogP contribution in [0.2, 0.25) is 0 Å². The van der Waals surface area contributed by atoms with Crippen LogP contribution in [0.15, 0.2) is 46.8 Å². The Labute approximate surface area is 184 Å². The first-order valence-corrected chi connectivity index (χ1v) is 11.5. The minimum atomic E-state index is -0.000664. The predicted molar refractivity (Wildman–Crippen MR) is 127 cm³/mol. The molecule has 162 valence electrons. The van der Waals surface area contributed by atoms with Gasteiger partial charge in [-0.2, -0.15) is 0 Å². The van der Waals surface area contributed by atoms with Crippen molar-refractivity contribution >= 4 is 28.9 Å². The molecule has 1 amide bonds. The number of benzene rings is 1. The zero-order chi connectivity index (χ0) is 21.3. The van der Waals surface area contributed by atoms with E-state index in [1.807, 2.05) is 0 Å². The zero-order valence-corrected chi connectivity index (χ0v) is 19.0. The van der Waals surface area contributed by atoms with Gasteiger partial charge in [-0.15, -0.1) is 11.3 Å². The number of amides is 1. The normalized spacial score (nSPS) is 17.0. The maximum atomic E-state index is 12.0. The Morgan fingerprint density at radius 1 is 1.27 bits per heavy atom. The third-order valence-corrected chi connectivity index (χ3v) is 6.21. The average Bonchev–Trinajstić information content (AvgIpc) is 3.26. The number of nitrogens with one attached hydrogen (secondary N) is 2. The molecule has 2 heterocycles. The molecule has 0 radical (unpaired) electrons. The predicted octanol–water partition coefficient (Wildman–Crippen LogP) is 2.89. The highest BCUT2D eigenvalue weighted by Gasteiger charge is 2.21. The molecule has 0 aliphatic carbocycles. The number of thiophene rings is 1. The van der Waals surface area contributed by atoms with Crippen molar-refractivity contribution in [2.75, 3.05) is 45.2 Å². The number of guanidine groups is 1. The molecule has 1 aliphatic rings. The van der Waals surface area contributed by atoms with Crippen LogP contribution in [0.25, 0.3) is 0 Å². The molecule has 1 aliphatic heterocycles. The number of hydrogen-bond donors (Lipinski definition) is 2. The van der Waals surface area contributed by atoms with Gasteiger partial charge in [0.05, 0.1) is 0 Å². The van der Waals surface area contributed by atoms with Crippen LogP contribution in [-0.2, 0) is 11.2 Å². The number of carbonyl (C=O) groups excluding carboxylic acids is 1. The Morgan fingerprint density at radius 2 is 2.07 bits per heavy atom. The van der Waals surface area contributed by atoms with Crippen molar-refractivity contribution in [1.29, 1.82) is 0 Å². The summed E-state index contributed by atoms with van der Waals surface area (Å²) in [5, 5.41) is 9.09. The summed E-state index contributed by atoms with van der Waals surface area (Å²) in [4.78, 5) is 21.9. The molecule has 1 atom stereocenters. The van der Waals surface area contributed by atoms with E-state index in [1.165, 1.54) is 16.1 Å². The first kappa shape index (κ1) is 22.2. The SMILES string of the molecule is Cc1ccc(N2CCCC(NC(=NCC(=O)N(C)C)NCCc3cccs3)C2)cc1. The maximum Gasteiger partial charge on any atom is 0.243 e. The standard InChI is InChI=1S/C23H33N5OS/c1-18-8-10-20(11-9-18)28-14-4-6-19(17-28)26-23(25-16-22(29)27(2)3)24-13-12-21-7-5-15-30-21/h5,7-11,15,19H,4,6,12-14,16-17H2,1-3H3,(H2,24,25,26). The van der Waals surface area contributed by atoms with Crippen LogP contribution in [0.1, 0.15) is 23.3 Å². The lowest BCUT2D eigenvalue weighted by Crippen LogP contribution is -2.51. The van der Waals surface area contributed by atoms with Gasteiger partial charge in [0, 0.05) is 50.3 Å². The zero-order valence-electron chi connectivity index (χ0n) is 18.2. The monoisotopic (exact) mass is 427 g/mol. The number of carbonyl (C=O) groups is 1. The lowest BCUT2D eigenvalue weighted by Gasteiger charge is -2.35. The quantitative estimate of drug-likeness (QED) is 0.527. The minimum absolute atomic E-state index is 0.000664. The molecule has 6 nitrogen and oxygen atoms in total. The van der Waals surface area contributed by atoms with Crippen molar-refractivity contribution < 1.29 is 4.79 Å². The maximum absolute atomic E-state index is 12.0. The van der Waals surface area contributed by atoms with Crippen LogP contribution in [0.4, 0.5) is 5.69 Å². The molecule has 2 aromatic rings. The molecule has 2 N–H and O–H groups in total. The van der Waals surface area contributed by atoms with Crippen molar-refractivity contribution in [3.63, 3.8) is 0 Å². The number of aliphatic imine (C=N–C) groups is 1. The van der Waals surface area contributed by atoms with Crippen LogP contribution in [-0.4, -0.2) is 63.1 Å². The molecule has 1 aromatic carbocycles. The number of aryl methyl sites for hydroxylation is 1. The van der Waals surface area contributed by atoms with Crippen LogP contribution >= 0.6 is 11.3 Å². The van der Waals surface area contributed by atoms with E-state index in [1.54, 1.807) is 30.3 Å². The topological polar surface area (TPSA) is 60.0 Å². The molecule has 3 rings (SSSR count). The fraction of sp³-hybridized carbons (Fsp3) is 0.478. The summed E-state index contributed by atoms with van der Waals surface area (Å²) < 4.78 is 0. The van der Waals surface area contributed by atoms with Crippen LogP contribution in [0.5, 0.6) is 0 Å². The fourth-order valence-electron chi connectivity index (χ4n) is 3.48. The number of likely N-dealkylation sites (N-methyl/N-ethyl adjacent to an activating group) is 1. The van der Waals surface area contributed by atoms with E-state index in [9.17, 15) is 4.79 Å². The lowest BCUT2D eigenvalue weighted by atomic mass is 10.0. The number of anilines is 1. The summed E-state index contributed by atoms with van der Waals surface area (Å²) in [5.74, 6) is 0.719. The van der Waals surface area contributed by atoms with E-state index in [0.29, 0.717) is 6.04 Å². The summed E-state index contributed by atoms with van der Waals surface area (Å²) in [6, 6.07) is 13.2. The van der Waals surface area contributed by atoms with E-state index < -0.39 is 0 Å². The fourth-order valence-corrected chi connectivity index (χ4v) is 4.19. The van der Waals surface area contributed by atoms with E-state index in [0.717, 1.165) is 44.9 Å². The highest BCUT2D eigenvalue weighted by Crippen LogP contribution is 2.20. The van der Waals surface area contributed by atoms with Crippen molar-refractivity contribution in [1.82, 2.24) is 15.5 Å². The second-order valence-electron chi connectivity index (χ2n) is 7.97. The molecule has 1 aromatic heterocycles. The van der Waals surface area contributed by atoms with Gasteiger partial charge >= 0.3 is 0 Å². The third kappa shape index (κ3) is 6.76. The van der Waals surface area contributed by atoms with Crippen molar-refractivity contribution in [3.8, 4) is 0 Å². The second kappa shape index (κ2) is 11.0. The minimum Gasteiger partial charge on any atom is -0.369 e. The number of piperidine rings is 1. The van der Waals surface area contributed by atoms with E-state index >= 15 is 0 Å². The number of hydrogen-bond acceptors (Lipinski definition) is 4. The van der Waals surface area contributed by atoms with Gasteiger partial charge < -0.3 is 20.4 Å². The molecule has 0 bridgehead atoms. The molecule has 1 fully saturated rings. The highest BCUT2D eigenvalue weighted by atomic mass is 32.1.